The van der Waals surface area contributed by atoms with E-state index in [4.69, 9.17) is 0 Å². The average Bonchev–Trinajstić information content (AvgIpc) is 2.88. The number of nitrogens with zero attached hydrogens (tertiary/aromatic N) is 2. The van der Waals surface area contributed by atoms with E-state index in [9.17, 15) is 17.6 Å². The Hall–Kier alpha value is -2.10. The molecule has 2 heterocycles. The fraction of sp³-hybridized carbons (Fsp3) is 0.316. The van der Waals surface area contributed by atoms with Crippen LogP contribution in [0.5, 0.6) is 0 Å². The van der Waals surface area contributed by atoms with Crippen LogP contribution in [0.4, 0.5) is 15.8 Å². The third-order valence-corrected chi connectivity index (χ3v) is 7.85. The smallest absolute Gasteiger partial charge is 0.243 e. The summed E-state index contributed by atoms with van der Waals surface area (Å²) in [5.41, 5.74) is 1.43. The highest BCUT2D eigenvalue weighted by Gasteiger charge is 2.29. The zero-order valence-corrected chi connectivity index (χ0v) is 16.7. The van der Waals surface area contributed by atoms with Crippen molar-refractivity contribution < 1.29 is 17.6 Å². The lowest BCUT2D eigenvalue weighted by Gasteiger charge is -2.35. The van der Waals surface area contributed by atoms with E-state index < -0.39 is 10.0 Å². The first kappa shape index (κ1) is 19.2. The molecule has 0 aromatic heterocycles. The number of carbonyl (C=O) groups is 1. The van der Waals surface area contributed by atoms with Crippen LogP contribution in [0.25, 0.3) is 0 Å². The van der Waals surface area contributed by atoms with Gasteiger partial charge in [0.15, 0.2) is 0 Å². The number of rotatable bonds is 3. The lowest BCUT2D eigenvalue weighted by Crippen LogP contribution is -2.48. The van der Waals surface area contributed by atoms with Crippen molar-refractivity contribution in [1.82, 2.24) is 4.31 Å². The number of carbonyl (C=O) groups excluding carboxylic acids is 1. The molecule has 0 saturated carbocycles. The molecule has 0 aliphatic carbocycles. The Morgan fingerprint density at radius 2 is 1.71 bits per heavy atom. The molecule has 1 fully saturated rings. The summed E-state index contributed by atoms with van der Waals surface area (Å²) in [5.74, 6) is 0.281. The monoisotopic (exact) mass is 421 g/mol. The van der Waals surface area contributed by atoms with Gasteiger partial charge in [0.05, 0.1) is 10.6 Å². The van der Waals surface area contributed by atoms with E-state index >= 15 is 0 Å². The second kappa shape index (κ2) is 7.73. The molecule has 9 heteroatoms. The second-order valence-corrected chi connectivity index (χ2v) is 9.75. The Labute approximate surface area is 167 Å². The molecule has 1 N–H and O–H groups in total. The van der Waals surface area contributed by atoms with Gasteiger partial charge < -0.3 is 10.2 Å². The fourth-order valence-electron chi connectivity index (χ4n) is 3.35. The number of amides is 1. The van der Waals surface area contributed by atoms with Crippen molar-refractivity contribution in [1.29, 1.82) is 0 Å². The third kappa shape index (κ3) is 3.87. The lowest BCUT2D eigenvalue weighted by atomic mass is 10.2. The van der Waals surface area contributed by atoms with Crippen molar-refractivity contribution in [3.8, 4) is 0 Å². The number of anilines is 2. The van der Waals surface area contributed by atoms with E-state index in [-0.39, 0.29) is 16.6 Å². The summed E-state index contributed by atoms with van der Waals surface area (Å²) in [6.07, 6.45) is 0.409. The first-order chi connectivity index (χ1) is 13.4. The molecule has 148 valence electrons. The summed E-state index contributed by atoms with van der Waals surface area (Å²) in [6, 6.07) is 11.1. The quantitative estimate of drug-likeness (QED) is 0.825. The van der Waals surface area contributed by atoms with Gasteiger partial charge in [-0.3, -0.25) is 4.79 Å². The maximum absolute atomic E-state index is 13.1. The van der Waals surface area contributed by atoms with Crippen LogP contribution in [0.1, 0.15) is 6.42 Å². The first-order valence-electron chi connectivity index (χ1n) is 9.01. The molecule has 0 radical (unpaired) electrons. The summed E-state index contributed by atoms with van der Waals surface area (Å²) in [7, 11) is -3.65. The molecule has 1 amide bonds. The van der Waals surface area contributed by atoms with Gasteiger partial charge in [0.1, 0.15) is 5.82 Å². The van der Waals surface area contributed by atoms with Gasteiger partial charge in [0.25, 0.3) is 0 Å². The van der Waals surface area contributed by atoms with Crippen LogP contribution in [0, 0.1) is 5.82 Å². The largest absolute Gasteiger partial charge is 0.369 e. The van der Waals surface area contributed by atoms with E-state index in [1.165, 1.54) is 16.4 Å². The highest BCUT2D eigenvalue weighted by molar-refractivity contribution is 7.99. The minimum absolute atomic E-state index is 0.103. The van der Waals surface area contributed by atoms with Crippen molar-refractivity contribution in [2.75, 3.05) is 42.1 Å². The molecule has 0 spiro atoms. The molecule has 4 rings (SSSR count). The highest BCUT2D eigenvalue weighted by atomic mass is 32.2. The number of piperazine rings is 1. The Morgan fingerprint density at radius 3 is 2.43 bits per heavy atom. The maximum Gasteiger partial charge on any atom is 0.243 e. The molecule has 28 heavy (non-hydrogen) atoms. The van der Waals surface area contributed by atoms with Gasteiger partial charge in [0.2, 0.25) is 15.9 Å². The van der Waals surface area contributed by atoms with Crippen LogP contribution in [0.15, 0.2) is 52.3 Å². The Balaban J connectivity index is 1.50. The van der Waals surface area contributed by atoms with E-state index in [1.807, 2.05) is 4.90 Å². The van der Waals surface area contributed by atoms with Gasteiger partial charge >= 0.3 is 0 Å². The molecule has 2 aromatic carbocycles. The van der Waals surface area contributed by atoms with Gasteiger partial charge in [-0.1, -0.05) is 0 Å². The average molecular weight is 422 g/mol. The number of benzene rings is 2. The SMILES string of the molecule is O=C1CCSc2ccc(S(=O)(=O)N3CCN(c4ccc(F)cc4)CC3)cc2N1. The fourth-order valence-corrected chi connectivity index (χ4v) is 5.73. The zero-order chi connectivity index (χ0) is 19.7. The Morgan fingerprint density at radius 1 is 1.00 bits per heavy atom. The van der Waals surface area contributed by atoms with Crippen LogP contribution < -0.4 is 10.2 Å². The van der Waals surface area contributed by atoms with Gasteiger partial charge in [-0.15, -0.1) is 11.8 Å². The van der Waals surface area contributed by atoms with E-state index in [1.54, 1.807) is 42.1 Å². The number of hydrogen-bond acceptors (Lipinski definition) is 5. The summed E-state index contributed by atoms with van der Waals surface area (Å²) in [4.78, 5) is 14.9. The molecule has 0 unspecified atom stereocenters. The van der Waals surface area contributed by atoms with Crippen LogP contribution in [-0.2, 0) is 14.8 Å². The van der Waals surface area contributed by atoms with Crippen LogP contribution in [0.3, 0.4) is 0 Å². The van der Waals surface area contributed by atoms with Crippen molar-refractivity contribution in [2.45, 2.75) is 16.2 Å². The van der Waals surface area contributed by atoms with Crippen molar-refractivity contribution in [2.24, 2.45) is 0 Å². The molecule has 2 aliphatic heterocycles. The zero-order valence-electron chi connectivity index (χ0n) is 15.1. The van der Waals surface area contributed by atoms with E-state index in [0.29, 0.717) is 44.0 Å². The van der Waals surface area contributed by atoms with Gasteiger partial charge in [0, 0.05) is 48.9 Å². The van der Waals surface area contributed by atoms with Crippen molar-refractivity contribution in [3.63, 3.8) is 0 Å². The molecule has 6 nitrogen and oxygen atoms in total. The highest BCUT2D eigenvalue weighted by Crippen LogP contribution is 2.33. The van der Waals surface area contributed by atoms with Crippen LogP contribution in [0.2, 0.25) is 0 Å². The third-order valence-electron chi connectivity index (χ3n) is 4.88. The number of hydrogen-bond donors (Lipinski definition) is 1. The number of halogens is 1. The molecule has 1 saturated heterocycles. The number of fused-ring (bicyclic) bond motifs is 1. The first-order valence-corrected chi connectivity index (χ1v) is 11.4. The molecule has 2 aliphatic rings. The standard InChI is InChI=1S/C19H20FN3O3S2/c20-14-1-3-15(4-2-14)22-8-10-23(11-9-22)28(25,26)16-5-6-18-17(13-16)21-19(24)7-12-27-18/h1-6,13H,7-12H2,(H,21,24). The Bertz CT molecular complexity index is 988. The predicted molar refractivity (Wildman–Crippen MR) is 108 cm³/mol. The minimum atomic E-state index is -3.65. The van der Waals surface area contributed by atoms with Gasteiger partial charge in [-0.05, 0) is 42.5 Å². The Kier molecular flexibility index (Phi) is 5.31. The predicted octanol–water partition coefficient (Wildman–Crippen LogP) is 2.77. The number of nitrogens with one attached hydrogen (secondary N) is 1. The minimum Gasteiger partial charge on any atom is -0.369 e. The van der Waals surface area contributed by atoms with Gasteiger partial charge in [-0.2, -0.15) is 4.31 Å². The molecule has 0 atom stereocenters. The summed E-state index contributed by atoms with van der Waals surface area (Å²) < 4.78 is 40.7. The summed E-state index contributed by atoms with van der Waals surface area (Å²) in [6.45, 7) is 1.75. The molecule has 2 aromatic rings. The number of thioether (sulfide) groups is 1. The summed E-state index contributed by atoms with van der Waals surface area (Å²) in [5, 5.41) is 2.79. The van der Waals surface area contributed by atoms with Crippen LogP contribution >= 0.6 is 11.8 Å². The van der Waals surface area contributed by atoms with Crippen molar-refractivity contribution in [3.05, 3.63) is 48.3 Å². The van der Waals surface area contributed by atoms with E-state index in [0.717, 1.165) is 10.6 Å². The maximum atomic E-state index is 13.1. The van der Waals surface area contributed by atoms with E-state index in [2.05, 4.69) is 5.32 Å². The molecular weight excluding hydrogens is 401 g/mol. The number of sulfonamides is 1. The lowest BCUT2D eigenvalue weighted by molar-refractivity contribution is -0.115. The second-order valence-electron chi connectivity index (χ2n) is 6.67. The van der Waals surface area contributed by atoms with Gasteiger partial charge in [-0.25, -0.2) is 12.8 Å². The molecular formula is C19H20FN3O3S2. The normalized spacial score (nSPS) is 18.3. The summed E-state index contributed by atoms with van der Waals surface area (Å²) >= 11 is 1.54. The molecule has 0 bridgehead atoms. The van der Waals surface area contributed by atoms with Crippen LogP contribution in [-0.4, -0.2) is 50.6 Å². The topological polar surface area (TPSA) is 69.7 Å². The van der Waals surface area contributed by atoms with Crippen molar-refractivity contribution >= 4 is 39.1 Å².